The van der Waals surface area contributed by atoms with E-state index in [1.165, 1.54) is 0 Å². The van der Waals surface area contributed by atoms with Gasteiger partial charge in [-0.1, -0.05) is 12.1 Å². The topological polar surface area (TPSA) is 72.4 Å². The Bertz CT molecular complexity index is 771. The molecule has 1 N–H and O–H groups in total. The summed E-state index contributed by atoms with van der Waals surface area (Å²) in [5.41, 5.74) is 2.71. The quantitative estimate of drug-likeness (QED) is 0.875. The number of rotatable bonds is 6. The molecular formula is C19H24N4O2. The van der Waals surface area contributed by atoms with Gasteiger partial charge in [0.1, 0.15) is 5.69 Å². The Labute approximate surface area is 148 Å². The minimum absolute atomic E-state index is 0.0441. The minimum Gasteiger partial charge on any atom is -0.379 e. The molecule has 2 heterocycles. The van der Waals surface area contributed by atoms with Crippen LogP contribution in [0.5, 0.6) is 0 Å². The van der Waals surface area contributed by atoms with E-state index < -0.39 is 0 Å². The summed E-state index contributed by atoms with van der Waals surface area (Å²) in [6.45, 7) is 7.19. The largest absolute Gasteiger partial charge is 0.379 e. The summed E-state index contributed by atoms with van der Waals surface area (Å²) in [5.74, 6) is -0.0441. The van der Waals surface area contributed by atoms with Crippen molar-refractivity contribution in [3.05, 3.63) is 35.5 Å². The van der Waals surface area contributed by atoms with Crippen molar-refractivity contribution in [3.63, 3.8) is 0 Å². The Morgan fingerprint density at radius 2 is 2.12 bits per heavy atom. The van der Waals surface area contributed by atoms with Gasteiger partial charge in [-0.15, -0.1) is 0 Å². The summed E-state index contributed by atoms with van der Waals surface area (Å²) in [5, 5.41) is 9.94. The van der Waals surface area contributed by atoms with Gasteiger partial charge in [-0.05, 0) is 24.6 Å². The number of hydrogen-bond acceptors (Lipinski definition) is 4. The van der Waals surface area contributed by atoms with Gasteiger partial charge >= 0.3 is 0 Å². The average molecular weight is 340 g/mol. The summed E-state index contributed by atoms with van der Waals surface area (Å²) >= 11 is 0. The Morgan fingerprint density at radius 3 is 2.88 bits per heavy atom. The second-order valence-electron chi connectivity index (χ2n) is 6.43. The number of carbonyl (C=O) groups excluding carboxylic acids is 1. The van der Waals surface area contributed by atoms with Crippen molar-refractivity contribution < 1.29 is 9.53 Å². The van der Waals surface area contributed by atoms with Crippen LogP contribution in [0.25, 0.3) is 10.9 Å². The van der Waals surface area contributed by atoms with Crippen LogP contribution in [0.1, 0.15) is 22.5 Å². The van der Waals surface area contributed by atoms with E-state index >= 15 is 0 Å². The van der Waals surface area contributed by atoms with Crippen LogP contribution in [-0.4, -0.2) is 66.6 Å². The molecule has 2 aromatic rings. The Balaban J connectivity index is 1.71. The third-order valence-electron chi connectivity index (χ3n) is 4.58. The molecule has 1 aromatic heterocycles. The van der Waals surface area contributed by atoms with Crippen LogP contribution in [-0.2, 0) is 4.74 Å². The van der Waals surface area contributed by atoms with Crippen LogP contribution >= 0.6 is 0 Å². The smallest absolute Gasteiger partial charge is 0.270 e. The molecule has 1 amide bonds. The van der Waals surface area contributed by atoms with Crippen molar-refractivity contribution in [2.45, 2.75) is 13.3 Å². The number of nitrogens with zero attached hydrogens (tertiary/aromatic N) is 3. The molecule has 132 valence electrons. The van der Waals surface area contributed by atoms with Crippen LogP contribution < -0.4 is 0 Å². The zero-order chi connectivity index (χ0) is 17.6. The summed E-state index contributed by atoms with van der Waals surface area (Å²) in [6.07, 6.45) is 0.341. The number of carbonyl (C=O) groups is 1. The van der Waals surface area contributed by atoms with Gasteiger partial charge < -0.3 is 14.6 Å². The molecule has 0 spiro atoms. The molecule has 25 heavy (non-hydrogen) atoms. The van der Waals surface area contributed by atoms with Gasteiger partial charge in [0.25, 0.3) is 5.91 Å². The maximum Gasteiger partial charge on any atom is 0.270 e. The molecule has 1 aliphatic heterocycles. The maximum absolute atomic E-state index is 12.9. The lowest BCUT2D eigenvalue weighted by Gasteiger charge is -2.29. The number of amides is 1. The van der Waals surface area contributed by atoms with Crippen molar-refractivity contribution in [2.24, 2.45) is 0 Å². The third-order valence-corrected chi connectivity index (χ3v) is 4.58. The SMILES string of the molecule is Cc1ccc2cc(C(=O)N(CCC#N)CCN3CCOCC3)[nH]c2c1. The second kappa shape index (κ2) is 8.15. The van der Waals surface area contributed by atoms with Crippen LogP contribution in [0, 0.1) is 18.3 Å². The predicted molar refractivity (Wildman–Crippen MR) is 96.4 cm³/mol. The monoisotopic (exact) mass is 340 g/mol. The Hall–Kier alpha value is -2.36. The predicted octanol–water partition coefficient (Wildman–Crippen LogP) is 2.16. The molecule has 0 aliphatic carbocycles. The van der Waals surface area contributed by atoms with Gasteiger partial charge in [-0.25, -0.2) is 0 Å². The van der Waals surface area contributed by atoms with E-state index in [0.29, 0.717) is 25.2 Å². The summed E-state index contributed by atoms with van der Waals surface area (Å²) in [6, 6.07) is 10.1. The number of nitriles is 1. The van der Waals surface area contributed by atoms with Crippen molar-refractivity contribution >= 4 is 16.8 Å². The number of aromatic amines is 1. The van der Waals surface area contributed by atoms with Gasteiger partial charge in [0.05, 0.1) is 25.7 Å². The molecule has 1 saturated heterocycles. The van der Waals surface area contributed by atoms with E-state index in [-0.39, 0.29) is 5.91 Å². The molecule has 0 unspecified atom stereocenters. The number of nitrogens with one attached hydrogen (secondary N) is 1. The van der Waals surface area contributed by atoms with Crippen molar-refractivity contribution in [1.29, 1.82) is 5.26 Å². The molecule has 0 saturated carbocycles. The first-order valence-corrected chi connectivity index (χ1v) is 8.73. The fourth-order valence-corrected chi connectivity index (χ4v) is 3.11. The molecular weight excluding hydrogens is 316 g/mol. The van der Waals surface area contributed by atoms with Gasteiger partial charge in [0, 0.05) is 43.6 Å². The molecule has 0 radical (unpaired) electrons. The lowest BCUT2D eigenvalue weighted by molar-refractivity contribution is 0.0325. The first-order valence-electron chi connectivity index (χ1n) is 8.73. The number of ether oxygens (including phenoxy) is 1. The van der Waals surface area contributed by atoms with Gasteiger partial charge in [0.2, 0.25) is 0 Å². The molecule has 1 aromatic carbocycles. The van der Waals surface area contributed by atoms with E-state index in [1.54, 1.807) is 4.90 Å². The molecule has 0 atom stereocenters. The summed E-state index contributed by atoms with van der Waals surface area (Å²) in [4.78, 5) is 20.2. The first kappa shape index (κ1) is 17.5. The highest BCUT2D eigenvalue weighted by atomic mass is 16.5. The summed E-state index contributed by atoms with van der Waals surface area (Å²) in [7, 11) is 0. The number of hydrogen-bond donors (Lipinski definition) is 1. The Kier molecular flexibility index (Phi) is 5.69. The number of aromatic nitrogens is 1. The van der Waals surface area contributed by atoms with Crippen molar-refractivity contribution in [2.75, 3.05) is 45.9 Å². The van der Waals surface area contributed by atoms with E-state index in [0.717, 1.165) is 49.3 Å². The molecule has 0 bridgehead atoms. The zero-order valence-corrected chi connectivity index (χ0v) is 14.6. The van der Waals surface area contributed by atoms with E-state index in [1.807, 2.05) is 31.2 Å². The van der Waals surface area contributed by atoms with Crippen LogP contribution in [0.2, 0.25) is 0 Å². The second-order valence-corrected chi connectivity index (χ2v) is 6.43. The summed E-state index contributed by atoms with van der Waals surface area (Å²) < 4.78 is 5.36. The van der Waals surface area contributed by atoms with E-state index in [4.69, 9.17) is 10.00 Å². The van der Waals surface area contributed by atoms with Gasteiger partial charge in [-0.3, -0.25) is 9.69 Å². The normalized spacial score (nSPS) is 15.2. The number of benzene rings is 1. The van der Waals surface area contributed by atoms with Crippen LogP contribution in [0.15, 0.2) is 24.3 Å². The van der Waals surface area contributed by atoms with Crippen LogP contribution in [0.4, 0.5) is 0 Å². The highest BCUT2D eigenvalue weighted by Gasteiger charge is 2.19. The molecule has 1 aliphatic rings. The fraction of sp³-hybridized carbons (Fsp3) is 0.474. The van der Waals surface area contributed by atoms with Gasteiger partial charge in [-0.2, -0.15) is 5.26 Å². The number of aryl methyl sites for hydroxylation is 1. The molecule has 3 rings (SSSR count). The maximum atomic E-state index is 12.9. The van der Waals surface area contributed by atoms with E-state index in [9.17, 15) is 4.79 Å². The number of fused-ring (bicyclic) bond motifs is 1. The van der Waals surface area contributed by atoms with Gasteiger partial charge in [0.15, 0.2) is 0 Å². The molecule has 6 heteroatoms. The lowest BCUT2D eigenvalue weighted by atomic mass is 10.2. The molecule has 1 fully saturated rings. The zero-order valence-electron chi connectivity index (χ0n) is 14.6. The highest BCUT2D eigenvalue weighted by Crippen LogP contribution is 2.18. The van der Waals surface area contributed by atoms with Crippen molar-refractivity contribution in [3.8, 4) is 6.07 Å². The first-order chi connectivity index (χ1) is 12.2. The van der Waals surface area contributed by atoms with Crippen molar-refractivity contribution in [1.82, 2.24) is 14.8 Å². The third kappa shape index (κ3) is 4.38. The number of H-pyrrole nitrogens is 1. The average Bonchev–Trinajstić information content (AvgIpc) is 3.05. The molecule has 6 nitrogen and oxygen atoms in total. The Morgan fingerprint density at radius 1 is 1.32 bits per heavy atom. The number of morpholine rings is 1. The fourth-order valence-electron chi connectivity index (χ4n) is 3.11. The highest BCUT2D eigenvalue weighted by molar-refractivity contribution is 5.98. The minimum atomic E-state index is -0.0441. The standard InChI is InChI=1S/C19H24N4O2/c1-15-3-4-16-14-18(21-17(16)13-15)19(24)23(6-2-5-20)8-7-22-9-11-25-12-10-22/h3-4,13-14,21H,2,6-12H2,1H3. The lowest BCUT2D eigenvalue weighted by Crippen LogP contribution is -2.43. The van der Waals surface area contributed by atoms with Crippen LogP contribution in [0.3, 0.4) is 0 Å². The van der Waals surface area contributed by atoms with E-state index in [2.05, 4.69) is 16.0 Å².